The van der Waals surface area contributed by atoms with Crippen molar-refractivity contribution < 1.29 is 32.1 Å². The first-order valence-corrected chi connectivity index (χ1v) is 13.9. The lowest BCUT2D eigenvalue weighted by molar-refractivity contribution is -0.363. The molecule has 0 amide bonds. The van der Waals surface area contributed by atoms with Gasteiger partial charge in [0, 0.05) is 53.9 Å². The van der Waals surface area contributed by atoms with E-state index in [2.05, 4.69) is 0 Å². The fraction of sp³-hybridized carbons (Fsp3) is 0.769. The van der Waals surface area contributed by atoms with Gasteiger partial charge in [-0.05, 0) is 56.6 Å². The highest BCUT2D eigenvalue weighted by Crippen LogP contribution is 2.82. The molecule has 6 rings (SSSR count). The molecule has 6 atom stereocenters. The third kappa shape index (κ3) is 2.97. The Morgan fingerprint density at radius 3 is 2.34 bits per heavy atom. The zero-order chi connectivity index (χ0) is 25.3. The fourth-order valence-electron chi connectivity index (χ4n) is 8.65. The van der Waals surface area contributed by atoms with Gasteiger partial charge in [0.05, 0.1) is 16.9 Å². The average Bonchev–Trinajstić information content (AvgIpc) is 3.15. The second-order valence-electron chi connectivity index (χ2n) is 10.9. The van der Waals surface area contributed by atoms with Gasteiger partial charge in [-0.1, -0.05) is 17.7 Å². The van der Waals surface area contributed by atoms with Gasteiger partial charge in [0.2, 0.25) is 15.8 Å². The molecular weight excluding hydrogens is 470 g/mol. The summed E-state index contributed by atoms with van der Waals surface area (Å²) >= 11 is 0. The molecule has 35 heavy (non-hydrogen) atoms. The van der Waals surface area contributed by atoms with E-state index in [1.54, 1.807) is 47.6 Å². The molecular formula is C26H39NO7S. The van der Waals surface area contributed by atoms with Gasteiger partial charge >= 0.3 is 0 Å². The molecule has 1 saturated heterocycles. The molecule has 0 unspecified atom stereocenters. The van der Waals surface area contributed by atoms with Crippen molar-refractivity contribution in [2.75, 3.05) is 48.6 Å². The highest BCUT2D eigenvalue weighted by atomic mass is 32.2. The fourth-order valence-corrected chi connectivity index (χ4v) is 9.86. The quantitative estimate of drug-likeness (QED) is 0.448. The molecule has 5 fully saturated rings. The Morgan fingerprint density at radius 1 is 1.06 bits per heavy atom. The Labute approximate surface area is 209 Å². The summed E-state index contributed by atoms with van der Waals surface area (Å²) in [5.74, 6) is -1.09. The van der Waals surface area contributed by atoms with Gasteiger partial charge in [-0.15, -0.1) is 0 Å². The van der Waals surface area contributed by atoms with Crippen molar-refractivity contribution in [1.82, 2.24) is 4.31 Å². The Kier molecular flexibility index (Phi) is 6.19. The van der Waals surface area contributed by atoms with Crippen molar-refractivity contribution >= 4 is 10.0 Å². The van der Waals surface area contributed by atoms with Gasteiger partial charge in [-0.3, -0.25) is 0 Å². The zero-order valence-corrected chi connectivity index (χ0v) is 22.5. The van der Waals surface area contributed by atoms with Gasteiger partial charge in [-0.2, -0.15) is 0 Å². The Bertz CT molecular complexity index is 1060. The molecule has 1 heterocycles. The minimum Gasteiger partial charge on any atom is -0.376 e. The smallest absolute Gasteiger partial charge is 0.242 e. The van der Waals surface area contributed by atoms with E-state index in [1.165, 1.54) is 4.31 Å². The van der Waals surface area contributed by atoms with Crippen LogP contribution >= 0.6 is 0 Å². The van der Waals surface area contributed by atoms with E-state index in [0.29, 0.717) is 30.4 Å². The van der Waals surface area contributed by atoms with Gasteiger partial charge < -0.3 is 23.7 Å². The van der Waals surface area contributed by atoms with Crippen LogP contribution in [0.15, 0.2) is 29.2 Å². The molecule has 5 bridgehead atoms. The van der Waals surface area contributed by atoms with Gasteiger partial charge in [0.25, 0.3) is 0 Å². The van der Waals surface area contributed by atoms with E-state index < -0.39 is 27.0 Å². The van der Waals surface area contributed by atoms with Crippen molar-refractivity contribution in [3.63, 3.8) is 0 Å². The Balaban J connectivity index is 1.46. The van der Waals surface area contributed by atoms with Gasteiger partial charge in [-0.25, -0.2) is 12.7 Å². The molecule has 0 spiro atoms. The van der Waals surface area contributed by atoms with Crippen molar-refractivity contribution in [3.05, 3.63) is 29.8 Å². The molecule has 0 aromatic heterocycles. The maximum absolute atomic E-state index is 13.2. The van der Waals surface area contributed by atoms with E-state index in [1.807, 2.05) is 19.1 Å². The van der Waals surface area contributed by atoms with Gasteiger partial charge in [0.15, 0.2) is 5.79 Å². The van der Waals surface area contributed by atoms with Gasteiger partial charge in [0.1, 0.15) is 6.10 Å². The van der Waals surface area contributed by atoms with Crippen LogP contribution in [-0.4, -0.2) is 79.0 Å². The zero-order valence-electron chi connectivity index (χ0n) is 21.7. The van der Waals surface area contributed by atoms with Crippen molar-refractivity contribution in [3.8, 4) is 0 Å². The van der Waals surface area contributed by atoms with E-state index in [0.717, 1.165) is 31.2 Å². The summed E-state index contributed by atoms with van der Waals surface area (Å²) < 4.78 is 59.1. The number of hydrogen-bond acceptors (Lipinski definition) is 7. The standard InChI is InChI=1S/C26H39NO7S/c1-18-8-10-21(11-9-18)35(28,29)27(2)13-7-12-24-20-14-19-15-23(24,25(16-20,31-4)32-5)17-34-26(24,33-6)22(19)30-3/h8-11,19-20,22H,7,12-17H2,1-6H3/t19-,20+,22+,23-,24+,26+/m1/s1. The molecule has 4 saturated carbocycles. The molecule has 0 radical (unpaired) electrons. The van der Waals surface area contributed by atoms with Crippen LogP contribution < -0.4 is 0 Å². The predicted octanol–water partition coefficient (Wildman–Crippen LogP) is 3.19. The molecule has 0 N–H and O–H groups in total. The van der Waals surface area contributed by atoms with E-state index in [4.69, 9.17) is 23.7 Å². The van der Waals surface area contributed by atoms with Crippen LogP contribution in [0.3, 0.4) is 0 Å². The summed E-state index contributed by atoms with van der Waals surface area (Å²) in [5, 5.41) is 0. The Hall–Kier alpha value is -1.07. The molecule has 4 aliphatic carbocycles. The largest absolute Gasteiger partial charge is 0.376 e. The third-order valence-electron chi connectivity index (χ3n) is 9.94. The van der Waals surface area contributed by atoms with Crippen LogP contribution in [-0.2, 0) is 33.7 Å². The van der Waals surface area contributed by atoms with Crippen molar-refractivity contribution in [2.45, 2.75) is 61.6 Å². The summed E-state index contributed by atoms with van der Waals surface area (Å²) in [6.45, 7) is 2.82. The molecule has 1 aromatic rings. The number of ether oxygens (including phenoxy) is 5. The third-order valence-corrected chi connectivity index (χ3v) is 11.8. The van der Waals surface area contributed by atoms with Crippen LogP contribution in [0.5, 0.6) is 0 Å². The molecule has 1 aliphatic heterocycles. The SMILES string of the molecule is CO[C@H]1[C@@H]2C[C@H]3CC(OC)(OC)[C@@]4(CO[C@]1(OC)[C@@]34CCCN(C)S(=O)(=O)c1ccc(C)cc1)C2. The summed E-state index contributed by atoms with van der Waals surface area (Å²) in [6.07, 6.45) is 3.88. The van der Waals surface area contributed by atoms with E-state index >= 15 is 0 Å². The maximum Gasteiger partial charge on any atom is 0.242 e. The Morgan fingerprint density at radius 2 is 1.74 bits per heavy atom. The number of aryl methyl sites for hydroxylation is 1. The first-order chi connectivity index (χ1) is 16.6. The summed E-state index contributed by atoms with van der Waals surface area (Å²) in [4.78, 5) is 0.314. The number of hydrogen-bond donors (Lipinski definition) is 0. The molecule has 9 heteroatoms. The number of sulfonamides is 1. The summed E-state index contributed by atoms with van der Waals surface area (Å²) in [5.41, 5.74) is 0.252. The summed E-state index contributed by atoms with van der Waals surface area (Å²) in [7, 11) is 4.98. The van der Waals surface area contributed by atoms with Crippen LogP contribution in [0, 0.1) is 29.6 Å². The monoisotopic (exact) mass is 509 g/mol. The average molecular weight is 510 g/mol. The minimum atomic E-state index is -3.57. The molecule has 5 aliphatic rings. The number of benzene rings is 1. The lowest BCUT2D eigenvalue weighted by Gasteiger charge is -2.64. The van der Waals surface area contributed by atoms with Crippen LogP contribution in [0.2, 0.25) is 0 Å². The first-order valence-electron chi connectivity index (χ1n) is 12.5. The summed E-state index contributed by atoms with van der Waals surface area (Å²) in [6, 6.07) is 7.00. The lowest BCUT2D eigenvalue weighted by atomic mass is 9.43. The number of methoxy groups -OCH3 is 4. The van der Waals surface area contributed by atoms with Crippen molar-refractivity contribution in [2.24, 2.45) is 22.7 Å². The highest BCUT2D eigenvalue weighted by molar-refractivity contribution is 7.89. The topological polar surface area (TPSA) is 83.5 Å². The maximum atomic E-state index is 13.2. The normalized spacial score (nSPS) is 39.0. The molecule has 8 nitrogen and oxygen atoms in total. The molecule has 1 aromatic carbocycles. The second kappa shape index (κ2) is 8.48. The van der Waals surface area contributed by atoms with Crippen LogP contribution in [0.1, 0.15) is 37.7 Å². The van der Waals surface area contributed by atoms with E-state index in [9.17, 15) is 8.42 Å². The highest BCUT2D eigenvalue weighted by Gasteiger charge is 2.89. The lowest BCUT2D eigenvalue weighted by Crippen LogP contribution is -2.72. The van der Waals surface area contributed by atoms with E-state index in [-0.39, 0.29) is 17.4 Å². The minimum absolute atomic E-state index is 0.182. The second-order valence-corrected chi connectivity index (χ2v) is 12.9. The predicted molar refractivity (Wildman–Crippen MR) is 129 cm³/mol. The number of rotatable bonds is 10. The first kappa shape index (κ1) is 25.6. The van der Waals surface area contributed by atoms with Crippen LogP contribution in [0.4, 0.5) is 0 Å². The van der Waals surface area contributed by atoms with Crippen LogP contribution in [0.25, 0.3) is 0 Å². The number of nitrogens with zero attached hydrogens (tertiary/aromatic N) is 1. The van der Waals surface area contributed by atoms with Crippen molar-refractivity contribution in [1.29, 1.82) is 0 Å². The molecule has 196 valence electrons.